The average Bonchev–Trinajstić information content (AvgIpc) is 3.21. The Balaban J connectivity index is 1.39. The Bertz CT molecular complexity index is 1280. The molecular formula is C29H32ClN3O2. The number of halogens is 1. The fourth-order valence-corrected chi connectivity index (χ4v) is 4.50. The first-order valence-corrected chi connectivity index (χ1v) is 12.5. The van der Waals surface area contributed by atoms with Crippen molar-refractivity contribution in [2.24, 2.45) is 0 Å². The minimum Gasteiger partial charge on any atom is -0.493 e. The minimum absolute atomic E-state index is 0.0413. The maximum atomic E-state index is 12.7. The van der Waals surface area contributed by atoms with E-state index >= 15 is 0 Å². The predicted octanol–water partition coefficient (Wildman–Crippen LogP) is 6.59. The summed E-state index contributed by atoms with van der Waals surface area (Å²) in [6, 6.07) is 21.5. The van der Waals surface area contributed by atoms with Crippen LogP contribution in [0.15, 0.2) is 66.7 Å². The number of aryl methyl sites for hydroxylation is 3. The van der Waals surface area contributed by atoms with E-state index in [9.17, 15) is 4.79 Å². The van der Waals surface area contributed by atoms with Gasteiger partial charge in [-0.05, 0) is 74.6 Å². The SMILES string of the molecule is Cc1cccc(C)c1OCCCCn1c(C(C)NC(=O)Cc2ccc(Cl)cc2)nc2ccccc21. The first-order chi connectivity index (χ1) is 16.9. The van der Waals surface area contributed by atoms with Crippen molar-refractivity contribution < 1.29 is 9.53 Å². The molecular weight excluding hydrogens is 458 g/mol. The number of nitrogens with zero attached hydrogens (tertiary/aromatic N) is 2. The van der Waals surface area contributed by atoms with Crippen LogP contribution in [-0.2, 0) is 17.8 Å². The van der Waals surface area contributed by atoms with E-state index in [-0.39, 0.29) is 11.9 Å². The molecule has 0 bridgehead atoms. The van der Waals surface area contributed by atoms with E-state index in [1.165, 1.54) is 0 Å². The third-order valence-corrected chi connectivity index (χ3v) is 6.41. The molecule has 0 spiro atoms. The van der Waals surface area contributed by atoms with Crippen LogP contribution in [0.3, 0.4) is 0 Å². The summed E-state index contributed by atoms with van der Waals surface area (Å²) in [5.41, 5.74) is 5.27. The van der Waals surface area contributed by atoms with E-state index < -0.39 is 0 Å². The monoisotopic (exact) mass is 489 g/mol. The fourth-order valence-electron chi connectivity index (χ4n) is 4.38. The quantitative estimate of drug-likeness (QED) is 0.256. The lowest BCUT2D eigenvalue weighted by Crippen LogP contribution is -2.30. The second-order valence-electron chi connectivity index (χ2n) is 8.98. The number of aromatic nitrogens is 2. The lowest BCUT2D eigenvalue weighted by atomic mass is 10.1. The number of ether oxygens (including phenoxy) is 1. The highest BCUT2D eigenvalue weighted by atomic mass is 35.5. The van der Waals surface area contributed by atoms with Crippen molar-refractivity contribution in [3.63, 3.8) is 0 Å². The summed E-state index contributed by atoms with van der Waals surface area (Å²) >= 11 is 5.96. The Morgan fingerprint density at radius 2 is 1.71 bits per heavy atom. The van der Waals surface area contributed by atoms with Gasteiger partial charge in [0.1, 0.15) is 11.6 Å². The van der Waals surface area contributed by atoms with Crippen molar-refractivity contribution in [2.45, 2.75) is 52.6 Å². The van der Waals surface area contributed by atoms with Crippen molar-refractivity contribution in [1.29, 1.82) is 0 Å². The summed E-state index contributed by atoms with van der Waals surface area (Å²) in [7, 11) is 0. The zero-order chi connectivity index (χ0) is 24.8. The highest BCUT2D eigenvalue weighted by Crippen LogP contribution is 2.24. The third kappa shape index (κ3) is 6.23. The number of carbonyl (C=O) groups is 1. The molecule has 4 rings (SSSR count). The van der Waals surface area contributed by atoms with Crippen LogP contribution in [-0.4, -0.2) is 22.1 Å². The number of hydrogen-bond acceptors (Lipinski definition) is 3. The normalized spacial score (nSPS) is 12.0. The summed E-state index contributed by atoms with van der Waals surface area (Å²) in [6.07, 6.45) is 2.18. The molecule has 0 saturated heterocycles. The van der Waals surface area contributed by atoms with Crippen LogP contribution in [0.4, 0.5) is 0 Å². The van der Waals surface area contributed by atoms with E-state index in [2.05, 4.69) is 48.0 Å². The predicted molar refractivity (Wildman–Crippen MR) is 142 cm³/mol. The molecule has 1 heterocycles. The van der Waals surface area contributed by atoms with Crippen LogP contribution in [0.2, 0.25) is 5.02 Å². The van der Waals surface area contributed by atoms with Crippen LogP contribution in [0.25, 0.3) is 11.0 Å². The number of benzene rings is 3. The molecule has 6 heteroatoms. The Morgan fingerprint density at radius 1 is 1.00 bits per heavy atom. The van der Waals surface area contributed by atoms with Crippen LogP contribution in [0.5, 0.6) is 5.75 Å². The van der Waals surface area contributed by atoms with E-state index in [4.69, 9.17) is 21.3 Å². The largest absolute Gasteiger partial charge is 0.493 e. The van der Waals surface area contributed by atoms with Gasteiger partial charge >= 0.3 is 0 Å². The van der Waals surface area contributed by atoms with Gasteiger partial charge in [-0.15, -0.1) is 0 Å². The van der Waals surface area contributed by atoms with Gasteiger partial charge in [0.15, 0.2) is 0 Å². The van der Waals surface area contributed by atoms with Crippen molar-refractivity contribution >= 4 is 28.5 Å². The topological polar surface area (TPSA) is 56.1 Å². The second-order valence-corrected chi connectivity index (χ2v) is 9.42. The number of rotatable bonds is 10. The molecule has 4 aromatic rings. The van der Waals surface area contributed by atoms with Crippen LogP contribution in [0.1, 0.15) is 48.3 Å². The summed E-state index contributed by atoms with van der Waals surface area (Å²) in [4.78, 5) is 17.6. The van der Waals surface area contributed by atoms with E-state index in [0.717, 1.165) is 58.7 Å². The molecule has 0 fully saturated rings. The molecule has 0 saturated carbocycles. The number of para-hydroxylation sites is 3. The zero-order valence-electron chi connectivity index (χ0n) is 20.6. The molecule has 0 aliphatic heterocycles. The second kappa shape index (κ2) is 11.4. The number of fused-ring (bicyclic) bond motifs is 1. The Hall–Kier alpha value is -3.31. The Kier molecular flexibility index (Phi) is 8.09. The van der Waals surface area contributed by atoms with Gasteiger partial charge in [-0.1, -0.05) is 54.1 Å². The number of unbranched alkanes of at least 4 members (excludes halogenated alkanes) is 1. The average molecular weight is 490 g/mol. The van der Waals surface area contributed by atoms with Gasteiger partial charge in [0.25, 0.3) is 0 Å². The van der Waals surface area contributed by atoms with E-state index in [0.29, 0.717) is 18.1 Å². The lowest BCUT2D eigenvalue weighted by molar-refractivity contribution is -0.121. The molecule has 0 aliphatic carbocycles. The first kappa shape index (κ1) is 24.8. The van der Waals surface area contributed by atoms with Gasteiger partial charge in [0.2, 0.25) is 5.91 Å². The summed E-state index contributed by atoms with van der Waals surface area (Å²) in [6.45, 7) is 7.62. The van der Waals surface area contributed by atoms with Gasteiger partial charge in [0, 0.05) is 11.6 Å². The molecule has 0 radical (unpaired) electrons. The summed E-state index contributed by atoms with van der Waals surface area (Å²) < 4.78 is 8.30. The molecule has 1 N–H and O–H groups in total. The van der Waals surface area contributed by atoms with Gasteiger partial charge < -0.3 is 14.6 Å². The molecule has 3 aromatic carbocycles. The highest BCUT2D eigenvalue weighted by Gasteiger charge is 2.18. The standard InChI is InChI=1S/C29H32ClN3O2/c1-20-9-8-10-21(2)28(20)35-18-7-6-17-33-26-12-5-4-11-25(26)32-29(33)22(3)31-27(34)19-23-13-15-24(30)16-14-23/h4-5,8-16,22H,6-7,17-19H2,1-3H3,(H,31,34). The molecule has 1 aromatic heterocycles. The Morgan fingerprint density at radius 3 is 2.46 bits per heavy atom. The molecule has 35 heavy (non-hydrogen) atoms. The van der Waals surface area contributed by atoms with Crippen LogP contribution in [0, 0.1) is 13.8 Å². The number of hydrogen-bond donors (Lipinski definition) is 1. The number of imidazole rings is 1. The summed E-state index contributed by atoms with van der Waals surface area (Å²) in [5.74, 6) is 1.81. The fraction of sp³-hybridized carbons (Fsp3) is 0.310. The van der Waals surface area contributed by atoms with Gasteiger partial charge in [-0.2, -0.15) is 0 Å². The minimum atomic E-state index is -0.215. The molecule has 182 valence electrons. The van der Waals surface area contributed by atoms with Gasteiger partial charge in [0.05, 0.1) is 30.1 Å². The smallest absolute Gasteiger partial charge is 0.224 e. The van der Waals surface area contributed by atoms with E-state index in [1.807, 2.05) is 37.3 Å². The lowest BCUT2D eigenvalue weighted by Gasteiger charge is -2.17. The highest BCUT2D eigenvalue weighted by molar-refractivity contribution is 6.30. The van der Waals surface area contributed by atoms with Crippen molar-refractivity contribution in [3.05, 3.63) is 94.3 Å². The molecule has 1 atom stereocenters. The number of nitrogens with one attached hydrogen (secondary N) is 1. The zero-order valence-corrected chi connectivity index (χ0v) is 21.3. The number of carbonyl (C=O) groups excluding carboxylic acids is 1. The van der Waals surface area contributed by atoms with Crippen molar-refractivity contribution in [1.82, 2.24) is 14.9 Å². The molecule has 1 amide bonds. The van der Waals surface area contributed by atoms with Crippen molar-refractivity contribution in [2.75, 3.05) is 6.61 Å². The summed E-state index contributed by atoms with van der Waals surface area (Å²) in [5, 5.41) is 3.78. The van der Waals surface area contributed by atoms with Crippen LogP contribution >= 0.6 is 11.6 Å². The number of amides is 1. The van der Waals surface area contributed by atoms with Gasteiger partial charge in [-0.25, -0.2) is 4.98 Å². The van der Waals surface area contributed by atoms with E-state index in [1.54, 1.807) is 12.1 Å². The van der Waals surface area contributed by atoms with Gasteiger partial charge in [-0.3, -0.25) is 4.79 Å². The molecule has 1 unspecified atom stereocenters. The third-order valence-electron chi connectivity index (χ3n) is 6.16. The maximum Gasteiger partial charge on any atom is 0.224 e. The van der Waals surface area contributed by atoms with Crippen LogP contribution < -0.4 is 10.1 Å². The first-order valence-electron chi connectivity index (χ1n) is 12.1. The van der Waals surface area contributed by atoms with Crippen molar-refractivity contribution in [3.8, 4) is 5.75 Å². The molecule has 5 nitrogen and oxygen atoms in total. The Labute approximate surface area is 212 Å². The maximum absolute atomic E-state index is 12.7. The molecule has 0 aliphatic rings.